The van der Waals surface area contributed by atoms with E-state index in [1.54, 1.807) is 13.0 Å². The summed E-state index contributed by atoms with van der Waals surface area (Å²) >= 11 is 0. The fraction of sp³-hybridized carbons (Fsp3) is 0.158. The van der Waals surface area contributed by atoms with Crippen molar-refractivity contribution in [3.63, 3.8) is 0 Å². The van der Waals surface area contributed by atoms with Gasteiger partial charge in [-0.05, 0) is 31.5 Å². The van der Waals surface area contributed by atoms with E-state index >= 15 is 0 Å². The maximum atomic E-state index is 13.8. The van der Waals surface area contributed by atoms with Crippen molar-refractivity contribution in [2.45, 2.75) is 20.4 Å². The number of aromatic nitrogens is 2. The lowest BCUT2D eigenvalue weighted by Crippen LogP contribution is -2.05. The summed E-state index contributed by atoms with van der Waals surface area (Å²) in [6, 6.07) is 13.2. The van der Waals surface area contributed by atoms with Gasteiger partial charge in [-0.1, -0.05) is 29.8 Å². The number of aryl methyl sites for hydroxylation is 2. The lowest BCUT2D eigenvalue weighted by Gasteiger charge is -2.11. The number of rotatable bonds is 5. The molecule has 1 heterocycles. The van der Waals surface area contributed by atoms with E-state index in [4.69, 9.17) is 0 Å². The Hall–Kier alpha value is -3.02. The van der Waals surface area contributed by atoms with Crippen molar-refractivity contribution in [1.82, 2.24) is 9.97 Å². The summed E-state index contributed by atoms with van der Waals surface area (Å²) in [5.41, 5.74) is 2.49. The van der Waals surface area contributed by atoms with Crippen LogP contribution in [0.4, 0.5) is 26.1 Å². The van der Waals surface area contributed by atoms with Gasteiger partial charge in [0, 0.05) is 18.7 Å². The molecule has 1 aromatic heterocycles. The van der Waals surface area contributed by atoms with E-state index in [0.717, 1.165) is 11.6 Å². The first-order chi connectivity index (χ1) is 12.0. The number of benzene rings is 2. The third kappa shape index (κ3) is 4.50. The lowest BCUT2D eigenvalue weighted by atomic mass is 10.1. The molecule has 0 aliphatic carbocycles. The zero-order valence-corrected chi connectivity index (χ0v) is 14.0. The highest BCUT2D eigenvalue weighted by Crippen LogP contribution is 2.21. The van der Waals surface area contributed by atoms with Gasteiger partial charge in [0.05, 0.1) is 5.69 Å². The number of nitrogens with zero attached hydrogens (tertiary/aromatic N) is 2. The second-order valence-corrected chi connectivity index (χ2v) is 5.77. The summed E-state index contributed by atoms with van der Waals surface area (Å²) < 4.78 is 26.8. The van der Waals surface area contributed by atoms with Crippen LogP contribution in [0.3, 0.4) is 0 Å². The molecule has 0 bridgehead atoms. The molecule has 0 spiro atoms. The van der Waals surface area contributed by atoms with Crippen molar-refractivity contribution < 1.29 is 8.78 Å². The van der Waals surface area contributed by atoms with Gasteiger partial charge >= 0.3 is 0 Å². The fourth-order valence-electron chi connectivity index (χ4n) is 2.35. The summed E-state index contributed by atoms with van der Waals surface area (Å²) in [4.78, 5) is 8.57. The number of nitrogens with one attached hydrogen (secondary N) is 2. The van der Waals surface area contributed by atoms with Gasteiger partial charge in [-0.2, -0.15) is 0 Å². The minimum atomic E-state index is -0.676. The smallest absolute Gasteiger partial charge is 0.149 e. The number of anilines is 3. The van der Waals surface area contributed by atoms with E-state index in [0.29, 0.717) is 24.0 Å². The minimum absolute atomic E-state index is 0.156. The maximum Gasteiger partial charge on any atom is 0.149 e. The number of hydrogen-bond acceptors (Lipinski definition) is 4. The normalized spacial score (nSPS) is 10.6. The average molecular weight is 340 g/mol. The van der Waals surface area contributed by atoms with Gasteiger partial charge in [-0.15, -0.1) is 0 Å². The molecule has 6 heteroatoms. The molecule has 0 fully saturated rings. The molecule has 0 aliphatic rings. The Morgan fingerprint density at radius 3 is 2.32 bits per heavy atom. The minimum Gasteiger partial charge on any atom is -0.366 e. The van der Waals surface area contributed by atoms with Crippen molar-refractivity contribution in [1.29, 1.82) is 0 Å². The molecule has 0 amide bonds. The van der Waals surface area contributed by atoms with E-state index in [2.05, 4.69) is 20.6 Å². The summed E-state index contributed by atoms with van der Waals surface area (Å²) in [5, 5.41) is 6.08. The molecule has 0 saturated carbocycles. The standard InChI is InChI=1S/C19H18F2N4/c1-12-3-5-14(6-4-12)11-22-18-10-19(24-13(2)23-18)25-17-8-7-15(20)9-16(17)21/h3-10H,11H2,1-2H3,(H2,22,23,24,25). The molecule has 3 aromatic rings. The van der Waals surface area contributed by atoms with Crippen LogP contribution in [0, 0.1) is 25.5 Å². The van der Waals surface area contributed by atoms with Crippen LogP contribution < -0.4 is 10.6 Å². The van der Waals surface area contributed by atoms with Crippen molar-refractivity contribution in [2.75, 3.05) is 10.6 Å². The first-order valence-corrected chi connectivity index (χ1v) is 7.87. The third-order valence-corrected chi connectivity index (χ3v) is 3.63. The first-order valence-electron chi connectivity index (χ1n) is 7.87. The highest BCUT2D eigenvalue weighted by atomic mass is 19.1. The van der Waals surface area contributed by atoms with Gasteiger partial charge in [0.15, 0.2) is 0 Å². The Kier molecular flexibility index (Phi) is 4.88. The summed E-state index contributed by atoms with van der Waals surface area (Å²) in [6.07, 6.45) is 0. The van der Waals surface area contributed by atoms with E-state index in [-0.39, 0.29) is 5.69 Å². The van der Waals surface area contributed by atoms with Gasteiger partial charge in [-0.3, -0.25) is 0 Å². The number of hydrogen-bond donors (Lipinski definition) is 2. The molecule has 0 unspecified atom stereocenters. The largest absolute Gasteiger partial charge is 0.366 e. The van der Waals surface area contributed by atoms with Crippen molar-refractivity contribution in [3.8, 4) is 0 Å². The molecule has 0 atom stereocenters. The van der Waals surface area contributed by atoms with E-state index in [1.807, 2.05) is 31.2 Å². The molecular weight excluding hydrogens is 322 g/mol. The molecule has 128 valence electrons. The SMILES string of the molecule is Cc1ccc(CNc2cc(Nc3ccc(F)cc3F)nc(C)n2)cc1. The Morgan fingerprint density at radius 2 is 1.60 bits per heavy atom. The molecule has 25 heavy (non-hydrogen) atoms. The highest BCUT2D eigenvalue weighted by molar-refractivity contribution is 5.59. The van der Waals surface area contributed by atoms with Crippen LogP contribution in [0.2, 0.25) is 0 Å². The van der Waals surface area contributed by atoms with Crippen molar-refractivity contribution in [3.05, 3.63) is 77.1 Å². The Morgan fingerprint density at radius 1 is 0.880 bits per heavy atom. The molecule has 0 saturated heterocycles. The molecular formula is C19H18F2N4. The third-order valence-electron chi connectivity index (χ3n) is 3.63. The fourth-order valence-corrected chi connectivity index (χ4v) is 2.35. The van der Waals surface area contributed by atoms with Crippen molar-refractivity contribution in [2.24, 2.45) is 0 Å². The van der Waals surface area contributed by atoms with Gasteiger partial charge in [0.2, 0.25) is 0 Å². The summed E-state index contributed by atoms with van der Waals surface area (Å²) in [5.74, 6) is 0.300. The molecule has 0 radical (unpaired) electrons. The lowest BCUT2D eigenvalue weighted by molar-refractivity contribution is 0.586. The molecule has 2 aromatic carbocycles. The monoisotopic (exact) mass is 340 g/mol. The van der Waals surface area contributed by atoms with Crippen LogP contribution >= 0.6 is 0 Å². The second kappa shape index (κ2) is 7.25. The van der Waals surface area contributed by atoms with Crippen LogP contribution in [-0.4, -0.2) is 9.97 Å². The Bertz CT molecular complexity index is 879. The van der Waals surface area contributed by atoms with Crippen molar-refractivity contribution >= 4 is 17.3 Å². The molecule has 0 aliphatic heterocycles. The summed E-state index contributed by atoms with van der Waals surface area (Å²) in [7, 11) is 0. The molecule has 4 nitrogen and oxygen atoms in total. The molecule has 3 rings (SSSR count). The highest BCUT2D eigenvalue weighted by Gasteiger charge is 2.07. The second-order valence-electron chi connectivity index (χ2n) is 5.77. The predicted molar refractivity (Wildman–Crippen MR) is 94.9 cm³/mol. The van der Waals surface area contributed by atoms with Gasteiger partial charge in [-0.25, -0.2) is 18.7 Å². The van der Waals surface area contributed by atoms with Crippen LogP contribution in [0.15, 0.2) is 48.5 Å². The van der Waals surface area contributed by atoms with Crippen LogP contribution in [0.5, 0.6) is 0 Å². The average Bonchev–Trinajstić information content (AvgIpc) is 2.56. The van der Waals surface area contributed by atoms with Gasteiger partial charge in [0.25, 0.3) is 0 Å². The zero-order valence-electron chi connectivity index (χ0n) is 14.0. The van der Waals surface area contributed by atoms with E-state index < -0.39 is 11.6 Å². The van der Waals surface area contributed by atoms with E-state index in [9.17, 15) is 8.78 Å². The first kappa shape index (κ1) is 16.8. The van der Waals surface area contributed by atoms with Crippen LogP contribution in [-0.2, 0) is 6.54 Å². The maximum absolute atomic E-state index is 13.8. The zero-order chi connectivity index (χ0) is 17.8. The quantitative estimate of drug-likeness (QED) is 0.705. The van der Waals surface area contributed by atoms with Gasteiger partial charge in [0.1, 0.15) is 29.1 Å². The Labute approximate surface area is 145 Å². The molecule has 2 N–H and O–H groups in total. The topological polar surface area (TPSA) is 49.8 Å². The predicted octanol–water partition coefficient (Wildman–Crippen LogP) is 4.73. The van der Waals surface area contributed by atoms with E-state index in [1.165, 1.54) is 17.7 Å². The Balaban J connectivity index is 1.74. The van der Waals surface area contributed by atoms with Gasteiger partial charge < -0.3 is 10.6 Å². The number of halogens is 2. The van der Waals surface area contributed by atoms with Crippen LogP contribution in [0.25, 0.3) is 0 Å². The van der Waals surface area contributed by atoms with Crippen LogP contribution in [0.1, 0.15) is 17.0 Å². The summed E-state index contributed by atoms with van der Waals surface area (Å²) in [6.45, 7) is 4.40.